The summed E-state index contributed by atoms with van der Waals surface area (Å²) in [5.74, 6) is 0.438. The van der Waals surface area contributed by atoms with Gasteiger partial charge in [0.25, 0.3) is 5.91 Å². The summed E-state index contributed by atoms with van der Waals surface area (Å²) in [5, 5.41) is 3.23. The van der Waals surface area contributed by atoms with Gasteiger partial charge in [-0.1, -0.05) is 12.1 Å². The number of thiazole rings is 1. The molecule has 2 aromatic carbocycles. The van der Waals surface area contributed by atoms with E-state index in [1.807, 2.05) is 0 Å². The molecule has 1 N–H and O–H groups in total. The van der Waals surface area contributed by atoms with E-state index in [4.69, 9.17) is 14.2 Å². The summed E-state index contributed by atoms with van der Waals surface area (Å²) in [6, 6.07) is 9.52. The largest absolute Gasteiger partial charge is 0.493 e. The van der Waals surface area contributed by atoms with E-state index in [0.717, 1.165) is 10.4 Å². The van der Waals surface area contributed by atoms with Crippen LogP contribution in [0.5, 0.6) is 17.2 Å². The summed E-state index contributed by atoms with van der Waals surface area (Å²) in [6.45, 7) is 0. The number of anilines is 1. The predicted octanol–water partition coefficient (Wildman–Crippen LogP) is 4.15. The van der Waals surface area contributed by atoms with Crippen molar-refractivity contribution in [3.63, 3.8) is 0 Å². The molecule has 0 aliphatic heterocycles. The molecule has 0 aliphatic rings. The number of aromatic nitrogens is 1. The van der Waals surface area contributed by atoms with E-state index >= 15 is 0 Å². The monoisotopic (exact) mass is 402 g/mol. The second-order valence-corrected chi connectivity index (χ2v) is 6.89. The lowest BCUT2D eigenvalue weighted by molar-refractivity contribution is 0.102. The predicted molar refractivity (Wildman–Crippen MR) is 105 cm³/mol. The first-order chi connectivity index (χ1) is 13.5. The number of carbonyl (C=O) groups is 1. The van der Waals surface area contributed by atoms with E-state index in [1.54, 1.807) is 30.5 Å². The molecular weight excluding hydrogens is 383 g/mol. The van der Waals surface area contributed by atoms with E-state index in [-0.39, 0.29) is 17.5 Å². The Labute approximate surface area is 165 Å². The summed E-state index contributed by atoms with van der Waals surface area (Å²) in [7, 11) is 4.44. The van der Waals surface area contributed by atoms with Gasteiger partial charge in [-0.25, -0.2) is 9.37 Å². The Kier molecular flexibility index (Phi) is 6.10. The number of nitrogens with one attached hydrogen (secondary N) is 1. The molecule has 8 heteroatoms. The van der Waals surface area contributed by atoms with Crippen LogP contribution in [0.1, 0.15) is 20.8 Å². The Hall–Kier alpha value is -3.13. The molecule has 3 aromatic rings. The molecule has 0 spiro atoms. The minimum absolute atomic E-state index is 0.273. The molecule has 6 nitrogen and oxygen atoms in total. The van der Waals surface area contributed by atoms with Gasteiger partial charge in [0.05, 0.1) is 26.9 Å². The zero-order valence-electron chi connectivity index (χ0n) is 15.6. The molecule has 0 bridgehead atoms. The average Bonchev–Trinajstić information content (AvgIpc) is 3.14. The fraction of sp³-hybridized carbons (Fsp3) is 0.200. The third kappa shape index (κ3) is 4.23. The van der Waals surface area contributed by atoms with Crippen LogP contribution in [0.2, 0.25) is 0 Å². The molecule has 0 unspecified atom stereocenters. The van der Waals surface area contributed by atoms with Crippen LogP contribution < -0.4 is 19.5 Å². The molecule has 0 fully saturated rings. The van der Waals surface area contributed by atoms with Gasteiger partial charge in [0, 0.05) is 17.5 Å². The Balaban J connectivity index is 1.77. The van der Waals surface area contributed by atoms with Gasteiger partial charge < -0.3 is 14.2 Å². The molecule has 0 saturated carbocycles. The topological polar surface area (TPSA) is 69.7 Å². The fourth-order valence-electron chi connectivity index (χ4n) is 2.70. The highest BCUT2D eigenvalue weighted by Crippen LogP contribution is 2.40. The van der Waals surface area contributed by atoms with E-state index in [1.165, 1.54) is 44.8 Å². The third-order valence-corrected chi connectivity index (χ3v) is 4.93. The summed E-state index contributed by atoms with van der Waals surface area (Å²) < 4.78 is 28.9. The number of benzene rings is 2. The van der Waals surface area contributed by atoms with Crippen molar-refractivity contribution in [3.05, 3.63) is 64.4 Å². The molecule has 0 saturated heterocycles. The second kappa shape index (κ2) is 8.71. The summed E-state index contributed by atoms with van der Waals surface area (Å²) in [5.41, 5.74) is 1.26. The van der Waals surface area contributed by atoms with E-state index in [9.17, 15) is 9.18 Å². The fourth-order valence-corrected chi connectivity index (χ4v) is 3.54. The maximum atomic E-state index is 13.0. The van der Waals surface area contributed by atoms with Crippen LogP contribution in [-0.4, -0.2) is 32.2 Å². The number of methoxy groups -OCH3 is 3. The lowest BCUT2D eigenvalue weighted by atomic mass is 10.1. The van der Waals surface area contributed by atoms with Crippen molar-refractivity contribution in [1.29, 1.82) is 0 Å². The van der Waals surface area contributed by atoms with Crippen LogP contribution in [0.15, 0.2) is 42.6 Å². The van der Waals surface area contributed by atoms with Crippen molar-refractivity contribution in [3.8, 4) is 17.2 Å². The van der Waals surface area contributed by atoms with Crippen LogP contribution in [0, 0.1) is 5.82 Å². The van der Waals surface area contributed by atoms with Crippen molar-refractivity contribution >= 4 is 22.4 Å². The number of halogens is 1. The number of rotatable bonds is 7. The van der Waals surface area contributed by atoms with Gasteiger partial charge in [0.15, 0.2) is 16.6 Å². The molecule has 28 heavy (non-hydrogen) atoms. The van der Waals surface area contributed by atoms with Gasteiger partial charge in [-0.05, 0) is 29.8 Å². The Morgan fingerprint density at radius 1 is 1.04 bits per heavy atom. The molecule has 146 valence electrons. The maximum absolute atomic E-state index is 13.0. The highest BCUT2D eigenvalue weighted by molar-refractivity contribution is 7.15. The Bertz CT molecular complexity index is 973. The summed E-state index contributed by atoms with van der Waals surface area (Å²) in [4.78, 5) is 17.9. The first kappa shape index (κ1) is 19.6. The summed E-state index contributed by atoms with van der Waals surface area (Å²) in [6.07, 6.45) is 2.29. The molecular formula is C20H19FN2O4S. The quantitative estimate of drug-likeness (QED) is 0.643. The van der Waals surface area contributed by atoms with Gasteiger partial charge in [-0.2, -0.15) is 0 Å². The zero-order chi connectivity index (χ0) is 20.1. The zero-order valence-corrected chi connectivity index (χ0v) is 16.4. The van der Waals surface area contributed by atoms with Crippen LogP contribution in [0.25, 0.3) is 0 Å². The minimum atomic E-state index is -0.375. The van der Waals surface area contributed by atoms with Gasteiger partial charge >= 0.3 is 0 Å². The van der Waals surface area contributed by atoms with Crippen molar-refractivity contribution < 1.29 is 23.4 Å². The minimum Gasteiger partial charge on any atom is -0.493 e. The van der Waals surface area contributed by atoms with Gasteiger partial charge in [-0.15, -0.1) is 11.3 Å². The second-order valence-electron chi connectivity index (χ2n) is 5.77. The number of carbonyl (C=O) groups excluding carboxylic acids is 1. The molecule has 0 atom stereocenters. The molecule has 1 aromatic heterocycles. The first-order valence-electron chi connectivity index (χ1n) is 8.35. The highest BCUT2D eigenvalue weighted by atomic mass is 32.1. The van der Waals surface area contributed by atoms with Crippen molar-refractivity contribution in [2.24, 2.45) is 0 Å². The molecule has 1 amide bonds. The number of nitrogens with zero attached hydrogens (tertiary/aromatic N) is 1. The standard InChI is InChI=1S/C20H19FN2O4S/c1-25-16-9-8-15(17(26-2)18(16)27-3)19(24)23-20-22-11-14(28-20)10-12-4-6-13(21)7-5-12/h4-9,11H,10H2,1-3H3,(H,22,23,24). The normalized spacial score (nSPS) is 10.4. The molecule has 1 heterocycles. The first-order valence-corrected chi connectivity index (χ1v) is 9.16. The van der Waals surface area contributed by atoms with E-state index < -0.39 is 0 Å². The number of ether oxygens (including phenoxy) is 3. The van der Waals surface area contributed by atoms with Gasteiger partial charge in [0.1, 0.15) is 5.82 Å². The SMILES string of the molecule is COc1ccc(C(=O)Nc2ncc(Cc3ccc(F)cc3)s2)c(OC)c1OC. The van der Waals surface area contributed by atoms with Crippen LogP contribution in [0.3, 0.4) is 0 Å². The van der Waals surface area contributed by atoms with Gasteiger partial charge in [0.2, 0.25) is 5.75 Å². The van der Waals surface area contributed by atoms with E-state index in [2.05, 4.69) is 10.3 Å². The van der Waals surface area contributed by atoms with Crippen LogP contribution in [-0.2, 0) is 6.42 Å². The van der Waals surface area contributed by atoms with Gasteiger partial charge in [-0.3, -0.25) is 10.1 Å². The van der Waals surface area contributed by atoms with Crippen molar-refractivity contribution in [2.45, 2.75) is 6.42 Å². The smallest absolute Gasteiger partial charge is 0.261 e. The lowest BCUT2D eigenvalue weighted by Gasteiger charge is -2.15. The van der Waals surface area contributed by atoms with Crippen LogP contribution >= 0.6 is 11.3 Å². The molecule has 3 rings (SSSR count). The Morgan fingerprint density at radius 2 is 1.75 bits per heavy atom. The van der Waals surface area contributed by atoms with Crippen molar-refractivity contribution in [1.82, 2.24) is 4.98 Å². The number of hydrogen-bond acceptors (Lipinski definition) is 6. The summed E-state index contributed by atoms with van der Waals surface area (Å²) >= 11 is 1.35. The maximum Gasteiger partial charge on any atom is 0.261 e. The number of hydrogen-bond donors (Lipinski definition) is 1. The number of amides is 1. The van der Waals surface area contributed by atoms with Crippen molar-refractivity contribution in [2.75, 3.05) is 26.6 Å². The lowest BCUT2D eigenvalue weighted by Crippen LogP contribution is -2.13. The highest BCUT2D eigenvalue weighted by Gasteiger charge is 2.21. The van der Waals surface area contributed by atoms with E-state index in [0.29, 0.717) is 28.6 Å². The molecule has 0 aliphatic carbocycles. The average molecular weight is 402 g/mol. The molecule has 0 radical (unpaired) electrons. The Morgan fingerprint density at radius 3 is 2.39 bits per heavy atom. The third-order valence-electron chi connectivity index (χ3n) is 4.01. The van der Waals surface area contributed by atoms with Crippen LogP contribution in [0.4, 0.5) is 9.52 Å².